The summed E-state index contributed by atoms with van der Waals surface area (Å²) in [5, 5.41) is 21.8. The quantitative estimate of drug-likeness (QED) is 0.256. The Hall–Kier alpha value is -3.47. The maximum atomic E-state index is 13.9. The second kappa shape index (κ2) is 10.2. The van der Waals surface area contributed by atoms with E-state index in [1.54, 1.807) is 12.1 Å². The number of ether oxygens (including phenoxy) is 1. The molecule has 4 aromatic rings. The van der Waals surface area contributed by atoms with Gasteiger partial charge in [0.1, 0.15) is 23.1 Å². The van der Waals surface area contributed by atoms with E-state index in [4.69, 9.17) is 4.74 Å². The van der Waals surface area contributed by atoms with E-state index in [0.717, 1.165) is 22.7 Å². The van der Waals surface area contributed by atoms with E-state index in [9.17, 15) is 17.9 Å². The van der Waals surface area contributed by atoms with E-state index in [1.165, 1.54) is 30.3 Å². The van der Waals surface area contributed by atoms with Gasteiger partial charge in [0.25, 0.3) is 10.0 Å². The minimum Gasteiger partial charge on any atom is -0.492 e. The monoisotopic (exact) mass is 484 g/mol. The van der Waals surface area contributed by atoms with Crippen LogP contribution in [0.5, 0.6) is 5.75 Å². The number of hydrogen-bond donors (Lipinski definition) is 4. The van der Waals surface area contributed by atoms with Crippen molar-refractivity contribution >= 4 is 26.6 Å². The van der Waals surface area contributed by atoms with Gasteiger partial charge in [0.05, 0.1) is 11.6 Å². The molecule has 0 aliphatic heterocycles. The number of aliphatic hydroxyl groups excluding tert-OH is 1. The summed E-state index contributed by atoms with van der Waals surface area (Å²) in [5.74, 6) is -0.131. The van der Waals surface area contributed by atoms with Crippen LogP contribution in [0.15, 0.2) is 71.6 Å². The molecule has 34 heavy (non-hydrogen) atoms. The van der Waals surface area contributed by atoms with E-state index in [1.807, 2.05) is 25.1 Å². The number of aromatic amines is 1. The molecule has 10 heteroatoms. The van der Waals surface area contributed by atoms with Gasteiger partial charge < -0.3 is 15.2 Å². The van der Waals surface area contributed by atoms with Crippen molar-refractivity contribution in [2.24, 2.45) is 0 Å². The topological polar surface area (TPSA) is 116 Å². The molecule has 0 radical (unpaired) electrons. The maximum Gasteiger partial charge on any atom is 0.264 e. The van der Waals surface area contributed by atoms with Crippen LogP contribution in [0.4, 0.5) is 10.1 Å². The number of aliphatic hydroxyl groups is 1. The van der Waals surface area contributed by atoms with E-state index in [2.05, 4.69) is 20.2 Å². The van der Waals surface area contributed by atoms with Crippen LogP contribution < -0.4 is 14.8 Å². The predicted octanol–water partition coefficient (Wildman–Crippen LogP) is 3.51. The normalized spacial score (nSPS) is 12.6. The van der Waals surface area contributed by atoms with Gasteiger partial charge in [0.2, 0.25) is 0 Å². The number of H-pyrrole nitrogens is 1. The number of anilines is 1. The van der Waals surface area contributed by atoms with Crippen molar-refractivity contribution in [3.8, 4) is 5.75 Å². The molecule has 0 bridgehead atoms. The third kappa shape index (κ3) is 5.53. The molecule has 0 fully saturated rings. The summed E-state index contributed by atoms with van der Waals surface area (Å²) in [6.07, 6.45) is -0.874. The Bertz CT molecular complexity index is 1390. The molecule has 0 saturated heterocycles. The first kappa shape index (κ1) is 23.7. The Morgan fingerprint density at radius 3 is 2.76 bits per heavy atom. The van der Waals surface area contributed by atoms with Crippen LogP contribution in [0.1, 0.15) is 17.4 Å². The van der Waals surface area contributed by atoms with Crippen LogP contribution in [-0.4, -0.2) is 43.4 Å². The average Bonchev–Trinajstić information content (AvgIpc) is 3.19. The van der Waals surface area contributed by atoms with Crippen molar-refractivity contribution in [2.45, 2.75) is 17.9 Å². The minimum absolute atomic E-state index is 0.229. The molecular formula is C24H25FN4O4S. The summed E-state index contributed by atoms with van der Waals surface area (Å²) < 4.78 is 47.0. The van der Waals surface area contributed by atoms with Crippen LogP contribution in [-0.2, 0) is 10.0 Å². The lowest BCUT2D eigenvalue weighted by Crippen LogP contribution is -2.26. The molecule has 3 aromatic carbocycles. The summed E-state index contributed by atoms with van der Waals surface area (Å²) in [7, 11) is -4.09. The number of benzene rings is 3. The summed E-state index contributed by atoms with van der Waals surface area (Å²) in [4.78, 5) is -0.441. The molecule has 0 aliphatic carbocycles. The summed E-state index contributed by atoms with van der Waals surface area (Å²) >= 11 is 0. The Kier molecular flexibility index (Phi) is 7.11. The van der Waals surface area contributed by atoms with Gasteiger partial charge in [0.15, 0.2) is 0 Å². The fourth-order valence-corrected chi connectivity index (χ4v) is 4.62. The smallest absolute Gasteiger partial charge is 0.264 e. The molecular weight excluding hydrogens is 459 g/mol. The lowest BCUT2D eigenvalue weighted by atomic mass is 10.1. The second-order valence-corrected chi connectivity index (χ2v) is 9.41. The number of halogens is 1. The van der Waals surface area contributed by atoms with Crippen LogP contribution in [0.25, 0.3) is 10.9 Å². The van der Waals surface area contributed by atoms with Crippen molar-refractivity contribution in [1.82, 2.24) is 15.5 Å². The molecule has 0 saturated carbocycles. The predicted molar refractivity (Wildman–Crippen MR) is 128 cm³/mol. The van der Waals surface area contributed by atoms with Gasteiger partial charge in [-0.1, -0.05) is 24.3 Å². The van der Waals surface area contributed by atoms with Gasteiger partial charge in [-0.15, -0.1) is 0 Å². The Morgan fingerprint density at radius 1 is 1.12 bits per heavy atom. The van der Waals surface area contributed by atoms with Gasteiger partial charge >= 0.3 is 0 Å². The highest BCUT2D eigenvalue weighted by Gasteiger charge is 2.19. The molecule has 8 nitrogen and oxygen atoms in total. The third-order valence-corrected chi connectivity index (χ3v) is 6.67. The van der Waals surface area contributed by atoms with Crippen molar-refractivity contribution in [2.75, 3.05) is 24.4 Å². The fraction of sp³-hybridized carbons (Fsp3) is 0.208. The van der Waals surface area contributed by atoms with Crippen LogP contribution in [0, 0.1) is 12.7 Å². The number of aryl methyl sites for hydroxylation is 1. The average molecular weight is 485 g/mol. The lowest BCUT2D eigenvalue weighted by Gasteiger charge is -2.15. The van der Waals surface area contributed by atoms with Gasteiger partial charge in [-0.05, 0) is 48.9 Å². The zero-order valence-corrected chi connectivity index (χ0v) is 19.3. The molecule has 178 valence electrons. The molecule has 0 aliphatic rings. The van der Waals surface area contributed by atoms with Gasteiger partial charge in [-0.25, -0.2) is 12.8 Å². The first-order valence-electron chi connectivity index (χ1n) is 10.7. The van der Waals surface area contributed by atoms with Crippen LogP contribution >= 0.6 is 0 Å². The van der Waals surface area contributed by atoms with Crippen molar-refractivity contribution < 1.29 is 22.7 Å². The number of nitrogens with zero attached hydrogens (tertiary/aromatic N) is 1. The highest BCUT2D eigenvalue weighted by atomic mass is 32.2. The molecule has 1 heterocycles. The SMILES string of the molecule is Cc1[nH]nc2cc(OCCNCC(O)c3cccc(NS(=O)(=O)c4ccccc4F)c3)ccc12. The molecule has 4 rings (SSSR count). The van der Waals surface area contributed by atoms with Crippen molar-refractivity contribution in [3.05, 3.63) is 83.8 Å². The number of sulfonamides is 1. The zero-order chi connectivity index (χ0) is 24.1. The first-order chi connectivity index (χ1) is 16.3. The largest absolute Gasteiger partial charge is 0.492 e. The third-order valence-electron chi connectivity index (χ3n) is 5.25. The minimum atomic E-state index is -4.09. The van der Waals surface area contributed by atoms with Crippen molar-refractivity contribution in [3.63, 3.8) is 0 Å². The first-order valence-corrected chi connectivity index (χ1v) is 12.2. The Morgan fingerprint density at radius 2 is 1.94 bits per heavy atom. The maximum absolute atomic E-state index is 13.9. The fourth-order valence-electron chi connectivity index (χ4n) is 3.50. The standard InChI is InChI=1S/C24H25FN4O4S/c1-16-20-10-9-19(14-22(20)28-27-16)33-12-11-26-15-23(30)17-5-4-6-18(13-17)29-34(31,32)24-8-3-2-7-21(24)25/h2-10,13-14,23,26,29-30H,11-12,15H2,1H3,(H,27,28). The summed E-state index contributed by atoms with van der Waals surface area (Å²) in [6, 6.07) is 17.2. The van der Waals surface area contributed by atoms with E-state index in [-0.39, 0.29) is 12.2 Å². The Balaban J connectivity index is 1.28. The summed E-state index contributed by atoms with van der Waals surface area (Å²) in [6.45, 7) is 3.09. The molecule has 1 unspecified atom stereocenters. The van der Waals surface area contributed by atoms with Crippen LogP contribution in [0.2, 0.25) is 0 Å². The van der Waals surface area contributed by atoms with Gasteiger partial charge in [-0.2, -0.15) is 5.10 Å². The number of fused-ring (bicyclic) bond motifs is 1. The highest BCUT2D eigenvalue weighted by Crippen LogP contribution is 2.23. The Labute approximate surface area is 196 Å². The molecule has 1 aromatic heterocycles. The molecule has 0 amide bonds. The number of hydrogen-bond acceptors (Lipinski definition) is 6. The highest BCUT2D eigenvalue weighted by molar-refractivity contribution is 7.92. The van der Waals surface area contributed by atoms with Crippen LogP contribution in [0.3, 0.4) is 0 Å². The van der Waals surface area contributed by atoms with E-state index >= 15 is 0 Å². The number of nitrogens with one attached hydrogen (secondary N) is 3. The molecule has 0 spiro atoms. The number of aromatic nitrogens is 2. The van der Waals surface area contributed by atoms with E-state index < -0.39 is 26.8 Å². The van der Waals surface area contributed by atoms with Crippen molar-refractivity contribution in [1.29, 1.82) is 0 Å². The molecule has 1 atom stereocenters. The van der Waals surface area contributed by atoms with Gasteiger partial charge in [0, 0.05) is 35.9 Å². The summed E-state index contributed by atoms with van der Waals surface area (Å²) in [5.41, 5.74) is 2.58. The molecule has 4 N–H and O–H groups in total. The van der Waals surface area contributed by atoms with E-state index in [0.29, 0.717) is 24.5 Å². The van der Waals surface area contributed by atoms with Gasteiger partial charge in [-0.3, -0.25) is 9.82 Å². The number of rotatable bonds is 10. The lowest BCUT2D eigenvalue weighted by molar-refractivity contribution is 0.172. The zero-order valence-electron chi connectivity index (χ0n) is 18.5. The second-order valence-electron chi connectivity index (χ2n) is 7.76.